The molecule has 2 N–H and O–H groups in total. The first-order valence-electron chi connectivity index (χ1n) is 7.31. The van der Waals surface area contributed by atoms with Gasteiger partial charge in [0.1, 0.15) is 5.15 Å². The maximum atomic E-state index is 5.76. The van der Waals surface area contributed by atoms with Gasteiger partial charge in [-0.15, -0.1) is 24.0 Å². The summed E-state index contributed by atoms with van der Waals surface area (Å²) in [5.41, 5.74) is 1.17. The summed E-state index contributed by atoms with van der Waals surface area (Å²) in [5, 5.41) is 7.16. The van der Waals surface area contributed by atoms with Crippen molar-refractivity contribution in [2.24, 2.45) is 4.99 Å². The van der Waals surface area contributed by atoms with Gasteiger partial charge in [-0.2, -0.15) is 0 Å². The van der Waals surface area contributed by atoms with E-state index in [-0.39, 0.29) is 24.0 Å². The van der Waals surface area contributed by atoms with Gasteiger partial charge in [0, 0.05) is 26.3 Å². The summed E-state index contributed by atoms with van der Waals surface area (Å²) >= 11 is 5.76. The van der Waals surface area contributed by atoms with Gasteiger partial charge in [0.15, 0.2) is 5.96 Å². The molecule has 0 spiro atoms. The van der Waals surface area contributed by atoms with E-state index in [1.165, 1.54) is 31.2 Å². The average molecular weight is 425 g/mol. The molecule has 1 heterocycles. The van der Waals surface area contributed by atoms with Crippen molar-refractivity contribution >= 4 is 41.5 Å². The van der Waals surface area contributed by atoms with Crippen LogP contribution in [-0.4, -0.2) is 31.1 Å². The molecule has 0 fully saturated rings. The van der Waals surface area contributed by atoms with Gasteiger partial charge >= 0.3 is 0 Å². The summed E-state index contributed by atoms with van der Waals surface area (Å²) in [6.45, 7) is 4.03. The number of aliphatic imine (C=N–C) groups is 1. The van der Waals surface area contributed by atoms with Crippen LogP contribution in [0.25, 0.3) is 0 Å². The van der Waals surface area contributed by atoms with Gasteiger partial charge in [0.25, 0.3) is 0 Å². The molecule has 1 aromatic rings. The molecule has 0 aliphatic heterocycles. The van der Waals surface area contributed by atoms with Crippen LogP contribution < -0.4 is 10.6 Å². The summed E-state index contributed by atoms with van der Waals surface area (Å²) in [6.07, 6.45) is 7.75. The zero-order valence-electron chi connectivity index (χ0n) is 12.9. The van der Waals surface area contributed by atoms with Crippen molar-refractivity contribution < 1.29 is 0 Å². The number of halogens is 2. The lowest BCUT2D eigenvalue weighted by atomic mass is 10.2. The lowest BCUT2D eigenvalue weighted by molar-refractivity contribution is 0.647. The highest BCUT2D eigenvalue weighted by Crippen LogP contribution is 2.05. The Bertz CT molecular complexity index is 395. The summed E-state index contributed by atoms with van der Waals surface area (Å²) < 4.78 is 0. The SMILES string of the molecule is CCCCCCNC(=NC)NCCc1ccc(Cl)nc1.I. The van der Waals surface area contributed by atoms with Crippen LogP contribution in [0.5, 0.6) is 0 Å². The third kappa shape index (κ3) is 9.90. The van der Waals surface area contributed by atoms with Crippen molar-refractivity contribution in [1.29, 1.82) is 0 Å². The molecule has 120 valence electrons. The molecule has 0 atom stereocenters. The van der Waals surface area contributed by atoms with E-state index < -0.39 is 0 Å². The standard InChI is InChI=1S/C15H25ClN4.HI/c1-3-4-5-6-10-18-15(17-2)19-11-9-13-7-8-14(16)20-12-13;/h7-8,12H,3-6,9-11H2,1-2H3,(H2,17,18,19);1H. The fourth-order valence-electron chi connectivity index (χ4n) is 1.86. The van der Waals surface area contributed by atoms with Crippen molar-refractivity contribution in [3.05, 3.63) is 29.0 Å². The van der Waals surface area contributed by atoms with E-state index in [0.717, 1.165) is 25.5 Å². The Kier molecular flexibility index (Phi) is 12.8. The number of pyridine rings is 1. The van der Waals surface area contributed by atoms with Gasteiger partial charge in [-0.3, -0.25) is 4.99 Å². The summed E-state index contributed by atoms with van der Waals surface area (Å²) in [5.74, 6) is 0.864. The Balaban J connectivity index is 0.00000400. The molecule has 0 saturated heterocycles. The predicted octanol–water partition coefficient (Wildman–Crippen LogP) is 3.64. The van der Waals surface area contributed by atoms with E-state index >= 15 is 0 Å². The molecule has 1 rings (SSSR count). The van der Waals surface area contributed by atoms with Gasteiger partial charge in [0.2, 0.25) is 0 Å². The van der Waals surface area contributed by atoms with E-state index in [4.69, 9.17) is 11.6 Å². The molecule has 21 heavy (non-hydrogen) atoms. The molecule has 0 aliphatic carbocycles. The van der Waals surface area contributed by atoms with Crippen LogP contribution in [0.2, 0.25) is 5.15 Å². The third-order valence-electron chi connectivity index (χ3n) is 3.04. The van der Waals surface area contributed by atoms with Crippen LogP contribution in [0.3, 0.4) is 0 Å². The summed E-state index contributed by atoms with van der Waals surface area (Å²) in [4.78, 5) is 8.28. The van der Waals surface area contributed by atoms with Gasteiger partial charge < -0.3 is 10.6 Å². The molecule has 0 unspecified atom stereocenters. The largest absolute Gasteiger partial charge is 0.356 e. The predicted molar refractivity (Wildman–Crippen MR) is 102 cm³/mol. The highest BCUT2D eigenvalue weighted by atomic mass is 127. The monoisotopic (exact) mass is 424 g/mol. The first-order valence-corrected chi connectivity index (χ1v) is 7.69. The second-order valence-electron chi connectivity index (χ2n) is 4.73. The van der Waals surface area contributed by atoms with E-state index in [2.05, 4.69) is 27.5 Å². The van der Waals surface area contributed by atoms with Crippen LogP contribution in [0.1, 0.15) is 38.2 Å². The first kappa shape index (κ1) is 20.4. The van der Waals surface area contributed by atoms with E-state index in [0.29, 0.717) is 5.15 Å². The molecule has 4 nitrogen and oxygen atoms in total. The van der Waals surface area contributed by atoms with Gasteiger partial charge in [-0.05, 0) is 24.5 Å². The first-order chi connectivity index (χ1) is 9.76. The van der Waals surface area contributed by atoms with Crippen LogP contribution in [0.15, 0.2) is 23.3 Å². The van der Waals surface area contributed by atoms with E-state index in [1.807, 2.05) is 18.3 Å². The Morgan fingerprint density at radius 1 is 1.19 bits per heavy atom. The Morgan fingerprint density at radius 2 is 1.95 bits per heavy atom. The van der Waals surface area contributed by atoms with Crippen LogP contribution >= 0.6 is 35.6 Å². The molecule has 6 heteroatoms. The molecule has 0 saturated carbocycles. The van der Waals surface area contributed by atoms with Crippen molar-refractivity contribution in [2.75, 3.05) is 20.1 Å². The topological polar surface area (TPSA) is 49.3 Å². The van der Waals surface area contributed by atoms with Crippen LogP contribution in [0, 0.1) is 0 Å². The third-order valence-corrected chi connectivity index (χ3v) is 3.26. The van der Waals surface area contributed by atoms with E-state index in [9.17, 15) is 0 Å². The normalized spacial score (nSPS) is 10.9. The molecule has 1 aromatic heterocycles. The smallest absolute Gasteiger partial charge is 0.190 e. The lowest BCUT2D eigenvalue weighted by Crippen LogP contribution is -2.38. The fourth-order valence-corrected chi connectivity index (χ4v) is 1.97. The Labute approximate surface area is 150 Å². The van der Waals surface area contributed by atoms with Crippen LogP contribution in [0.4, 0.5) is 0 Å². The minimum atomic E-state index is 0. The number of aromatic nitrogens is 1. The number of unbranched alkanes of at least 4 members (excludes halogenated alkanes) is 3. The number of nitrogens with one attached hydrogen (secondary N) is 2. The molecule has 0 bridgehead atoms. The minimum absolute atomic E-state index is 0. The average Bonchev–Trinajstić information content (AvgIpc) is 2.47. The second kappa shape index (κ2) is 13.1. The van der Waals surface area contributed by atoms with Crippen molar-refractivity contribution in [2.45, 2.75) is 39.0 Å². The number of guanidine groups is 1. The number of nitrogens with zero attached hydrogens (tertiary/aromatic N) is 2. The summed E-state index contributed by atoms with van der Waals surface area (Å²) in [7, 11) is 1.80. The van der Waals surface area contributed by atoms with Gasteiger partial charge in [-0.1, -0.05) is 43.9 Å². The minimum Gasteiger partial charge on any atom is -0.356 e. The van der Waals surface area contributed by atoms with E-state index in [1.54, 1.807) is 7.05 Å². The molecule has 0 aliphatic rings. The van der Waals surface area contributed by atoms with Crippen LogP contribution in [-0.2, 0) is 6.42 Å². The molecule has 0 radical (unpaired) electrons. The lowest BCUT2D eigenvalue weighted by Gasteiger charge is -2.11. The highest BCUT2D eigenvalue weighted by molar-refractivity contribution is 14.0. The van der Waals surface area contributed by atoms with Crippen molar-refractivity contribution in [3.63, 3.8) is 0 Å². The highest BCUT2D eigenvalue weighted by Gasteiger charge is 1.98. The molecule has 0 amide bonds. The Morgan fingerprint density at radius 3 is 2.57 bits per heavy atom. The number of hydrogen-bond acceptors (Lipinski definition) is 2. The quantitative estimate of drug-likeness (QED) is 0.220. The second-order valence-corrected chi connectivity index (χ2v) is 5.11. The molecule has 0 aromatic carbocycles. The number of rotatable bonds is 8. The summed E-state index contributed by atoms with van der Waals surface area (Å²) in [6, 6.07) is 3.82. The fraction of sp³-hybridized carbons (Fsp3) is 0.600. The Hall–Kier alpha value is -0.560. The number of hydrogen-bond donors (Lipinski definition) is 2. The molecular weight excluding hydrogens is 399 g/mol. The van der Waals surface area contributed by atoms with Crippen molar-refractivity contribution in [1.82, 2.24) is 15.6 Å². The maximum absolute atomic E-state index is 5.76. The van der Waals surface area contributed by atoms with Gasteiger partial charge in [-0.25, -0.2) is 4.98 Å². The van der Waals surface area contributed by atoms with Crippen molar-refractivity contribution in [3.8, 4) is 0 Å². The maximum Gasteiger partial charge on any atom is 0.190 e. The van der Waals surface area contributed by atoms with Gasteiger partial charge in [0.05, 0.1) is 0 Å². The zero-order valence-corrected chi connectivity index (χ0v) is 15.9. The molecular formula is C15H26ClIN4. The zero-order chi connectivity index (χ0) is 14.6.